The normalized spacial score (nSPS) is 10.7. The maximum atomic E-state index is 11.5. The van der Waals surface area contributed by atoms with Crippen molar-refractivity contribution in [3.05, 3.63) is 47.9 Å². The molecule has 9 nitrogen and oxygen atoms in total. The smallest absolute Gasteiger partial charge is 0.243 e. The van der Waals surface area contributed by atoms with Gasteiger partial charge in [-0.1, -0.05) is 13.5 Å². The van der Waals surface area contributed by atoms with Crippen LogP contribution >= 0.6 is 0 Å². The summed E-state index contributed by atoms with van der Waals surface area (Å²) in [6, 6.07) is 3.87. The van der Waals surface area contributed by atoms with Gasteiger partial charge in [0.25, 0.3) is 0 Å². The van der Waals surface area contributed by atoms with Gasteiger partial charge in [-0.2, -0.15) is 0 Å². The fourth-order valence-electron chi connectivity index (χ4n) is 3.80. The van der Waals surface area contributed by atoms with Gasteiger partial charge in [-0.25, -0.2) is 15.0 Å². The summed E-state index contributed by atoms with van der Waals surface area (Å²) in [5, 5.41) is 6.84. The van der Waals surface area contributed by atoms with Gasteiger partial charge in [-0.05, 0) is 25.5 Å². The van der Waals surface area contributed by atoms with E-state index in [9.17, 15) is 4.79 Å². The molecule has 9 heteroatoms. The number of anilines is 1. The number of hydrogen-bond donors (Lipinski definition) is 2. The molecule has 34 heavy (non-hydrogen) atoms. The van der Waals surface area contributed by atoms with E-state index in [0.717, 1.165) is 45.7 Å². The van der Waals surface area contributed by atoms with E-state index in [2.05, 4.69) is 34.1 Å². The van der Waals surface area contributed by atoms with Crippen molar-refractivity contribution in [3.63, 3.8) is 0 Å². The van der Waals surface area contributed by atoms with Crippen molar-refractivity contribution in [3.8, 4) is 22.8 Å². The molecule has 1 amide bonds. The first-order chi connectivity index (χ1) is 16.5. The van der Waals surface area contributed by atoms with Crippen LogP contribution in [0.2, 0.25) is 0 Å². The monoisotopic (exact) mass is 465 g/mol. The molecule has 0 aliphatic rings. The predicted molar refractivity (Wildman–Crippen MR) is 132 cm³/mol. The van der Waals surface area contributed by atoms with Crippen LogP contribution in [0.15, 0.2) is 31.0 Å². The van der Waals surface area contributed by atoms with Gasteiger partial charge in [0.05, 0.1) is 33.1 Å². The second-order valence-electron chi connectivity index (χ2n) is 7.53. The van der Waals surface area contributed by atoms with E-state index in [1.54, 1.807) is 27.5 Å². The maximum absolute atomic E-state index is 11.5. The highest BCUT2D eigenvalue weighted by Crippen LogP contribution is 2.40. The van der Waals surface area contributed by atoms with Gasteiger partial charge in [0.1, 0.15) is 22.8 Å². The summed E-state index contributed by atoms with van der Waals surface area (Å²) in [7, 11) is 4.94. The zero-order valence-electron chi connectivity index (χ0n) is 20.3. The van der Waals surface area contributed by atoms with Gasteiger partial charge >= 0.3 is 0 Å². The SMILES string of the molecule is C=CC(=O)NCc1ncc2cc(-c3c(C)c(OC)cc(OC)c3CC)nc(NCCOC)c2n1. The van der Waals surface area contributed by atoms with Crippen molar-refractivity contribution < 1.29 is 19.0 Å². The molecule has 0 fully saturated rings. The van der Waals surface area contributed by atoms with E-state index in [-0.39, 0.29) is 12.5 Å². The van der Waals surface area contributed by atoms with Crippen molar-refractivity contribution in [2.75, 3.05) is 39.8 Å². The fraction of sp³-hybridized carbons (Fsp3) is 0.360. The molecule has 2 N–H and O–H groups in total. The van der Waals surface area contributed by atoms with Gasteiger partial charge in [0.2, 0.25) is 5.91 Å². The Hall–Kier alpha value is -3.72. The molecule has 0 radical (unpaired) electrons. The molecule has 3 rings (SSSR count). The molecule has 180 valence electrons. The van der Waals surface area contributed by atoms with Crippen LogP contribution in [-0.4, -0.2) is 55.3 Å². The largest absolute Gasteiger partial charge is 0.496 e. The van der Waals surface area contributed by atoms with Crippen molar-refractivity contribution in [2.45, 2.75) is 26.8 Å². The summed E-state index contributed by atoms with van der Waals surface area (Å²) in [4.78, 5) is 25.6. The highest BCUT2D eigenvalue weighted by atomic mass is 16.5. The van der Waals surface area contributed by atoms with Gasteiger partial charge in [0.15, 0.2) is 5.82 Å². The van der Waals surface area contributed by atoms with E-state index in [0.29, 0.717) is 30.3 Å². The van der Waals surface area contributed by atoms with E-state index in [1.165, 1.54) is 6.08 Å². The van der Waals surface area contributed by atoms with Gasteiger partial charge < -0.3 is 24.8 Å². The van der Waals surface area contributed by atoms with Gasteiger partial charge in [-0.15, -0.1) is 0 Å². The quantitative estimate of drug-likeness (QED) is 0.328. The number of pyridine rings is 1. The Bertz CT molecular complexity index is 1200. The number of ether oxygens (including phenoxy) is 3. The van der Waals surface area contributed by atoms with E-state index in [1.807, 2.05) is 19.1 Å². The minimum Gasteiger partial charge on any atom is -0.496 e. The predicted octanol–water partition coefficient (Wildman–Crippen LogP) is 3.44. The lowest BCUT2D eigenvalue weighted by Gasteiger charge is -2.19. The van der Waals surface area contributed by atoms with Crippen LogP contribution in [0.25, 0.3) is 22.2 Å². The molecule has 0 saturated carbocycles. The summed E-state index contributed by atoms with van der Waals surface area (Å²) in [6.07, 6.45) is 3.71. The Kier molecular flexibility index (Phi) is 8.37. The molecule has 0 atom stereocenters. The first kappa shape index (κ1) is 24.9. The third-order valence-electron chi connectivity index (χ3n) is 5.48. The van der Waals surface area contributed by atoms with Crippen LogP contribution in [0, 0.1) is 6.92 Å². The number of amides is 1. The van der Waals surface area contributed by atoms with Crippen LogP contribution in [0.1, 0.15) is 23.9 Å². The minimum absolute atomic E-state index is 0.187. The van der Waals surface area contributed by atoms with Crippen LogP contribution in [0.4, 0.5) is 5.82 Å². The molecule has 0 saturated heterocycles. The van der Waals surface area contributed by atoms with Crippen LogP contribution < -0.4 is 20.1 Å². The maximum Gasteiger partial charge on any atom is 0.243 e. The number of hydrogen-bond acceptors (Lipinski definition) is 8. The Labute approximate surface area is 199 Å². The highest BCUT2D eigenvalue weighted by Gasteiger charge is 2.20. The molecule has 0 bridgehead atoms. The second-order valence-corrected chi connectivity index (χ2v) is 7.53. The highest BCUT2D eigenvalue weighted by molar-refractivity contribution is 5.92. The van der Waals surface area contributed by atoms with Crippen molar-refractivity contribution >= 4 is 22.6 Å². The number of fused-ring (bicyclic) bond motifs is 1. The molecular weight excluding hydrogens is 434 g/mol. The number of rotatable bonds is 11. The standard InChI is InChI=1S/C25H31N5O4/c1-7-17-20(34-6)12-19(33-5)15(3)23(17)18-11-16-13-27-21(14-28-22(31)8-2)30-24(16)25(29-18)26-9-10-32-4/h8,11-13H,2,7,9-10,14H2,1,3-6H3,(H,26,29)(H,28,31). The fourth-order valence-corrected chi connectivity index (χ4v) is 3.80. The number of nitrogens with zero attached hydrogens (tertiary/aromatic N) is 3. The summed E-state index contributed by atoms with van der Waals surface area (Å²) in [5.74, 6) is 2.27. The Balaban J connectivity index is 2.19. The average Bonchev–Trinajstić information content (AvgIpc) is 2.86. The van der Waals surface area contributed by atoms with Crippen LogP contribution in [-0.2, 0) is 22.5 Å². The number of carbonyl (C=O) groups is 1. The topological polar surface area (TPSA) is 107 Å². The van der Waals surface area contributed by atoms with Crippen molar-refractivity contribution in [1.29, 1.82) is 0 Å². The van der Waals surface area contributed by atoms with E-state index < -0.39 is 0 Å². The lowest BCUT2D eigenvalue weighted by Crippen LogP contribution is -2.21. The van der Waals surface area contributed by atoms with E-state index in [4.69, 9.17) is 19.2 Å². The van der Waals surface area contributed by atoms with Crippen molar-refractivity contribution in [2.24, 2.45) is 0 Å². The van der Waals surface area contributed by atoms with Gasteiger partial charge in [-0.3, -0.25) is 4.79 Å². The second kappa shape index (κ2) is 11.4. The Morgan fingerprint density at radius 1 is 1.15 bits per heavy atom. The zero-order valence-corrected chi connectivity index (χ0v) is 20.3. The summed E-state index contributed by atoms with van der Waals surface area (Å²) >= 11 is 0. The molecule has 0 aliphatic heterocycles. The number of carbonyl (C=O) groups excluding carboxylic acids is 1. The molecular formula is C25H31N5O4. The summed E-state index contributed by atoms with van der Waals surface area (Å²) < 4.78 is 16.5. The molecule has 0 spiro atoms. The first-order valence-corrected chi connectivity index (χ1v) is 11.0. The molecule has 3 aromatic rings. The lowest BCUT2D eigenvalue weighted by molar-refractivity contribution is -0.116. The van der Waals surface area contributed by atoms with Crippen molar-refractivity contribution in [1.82, 2.24) is 20.3 Å². The molecule has 0 aliphatic carbocycles. The minimum atomic E-state index is -0.287. The molecule has 0 unspecified atom stereocenters. The number of nitrogens with one attached hydrogen (secondary N) is 2. The number of methoxy groups -OCH3 is 3. The molecule has 2 aromatic heterocycles. The molecule has 1 aromatic carbocycles. The summed E-state index contributed by atoms with van der Waals surface area (Å²) in [6.45, 7) is 8.80. The van der Waals surface area contributed by atoms with Gasteiger partial charge in [0, 0.05) is 48.0 Å². The zero-order chi connectivity index (χ0) is 24.7. The molecule has 2 heterocycles. The average molecular weight is 466 g/mol. The first-order valence-electron chi connectivity index (χ1n) is 11.0. The number of benzene rings is 1. The van der Waals surface area contributed by atoms with E-state index >= 15 is 0 Å². The van der Waals surface area contributed by atoms with Crippen LogP contribution in [0.5, 0.6) is 11.5 Å². The van der Waals surface area contributed by atoms with Crippen LogP contribution in [0.3, 0.4) is 0 Å². The number of aromatic nitrogens is 3. The lowest BCUT2D eigenvalue weighted by atomic mass is 9.94. The third kappa shape index (κ3) is 5.26. The summed E-state index contributed by atoms with van der Waals surface area (Å²) in [5.41, 5.74) is 4.39. The Morgan fingerprint density at radius 3 is 2.56 bits per heavy atom. The Morgan fingerprint density at radius 2 is 1.91 bits per heavy atom. The third-order valence-corrected chi connectivity index (χ3v) is 5.48.